The number of benzene rings is 1. The normalized spacial score (nSPS) is 11.1. The van der Waals surface area contributed by atoms with E-state index in [1.165, 1.54) is 0 Å². The van der Waals surface area contributed by atoms with Crippen LogP contribution in [0.5, 0.6) is 0 Å². The van der Waals surface area contributed by atoms with Crippen LogP contribution < -0.4 is 11.1 Å². The largest absolute Gasteiger partial charge is 0.397 e. The van der Waals surface area contributed by atoms with Crippen molar-refractivity contribution in [3.8, 4) is 0 Å². The molecule has 4 nitrogen and oxygen atoms in total. The summed E-state index contributed by atoms with van der Waals surface area (Å²) in [5.41, 5.74) is 6.56. The molecule has 1 heterocycles. The molecule has 2 rings (SSSR count). The number of amides is 1. The molecule has 0 aliphatic rings. The van der Waals surface area contributed by atoms with Gasteiger partial charge in [-0.2, -0.15) is 0 Å². The van der Waals surface area contributed by atoms with Gasteiger partial charge < -0.3 is 11.1 Å². The molecule has 0 saturated heterocycles. The molecule has 3 N–H and O–H groups in total. The van der Waals surface area contributed by atoms with Crippen LogP contribution in [0, 0.1) is 5.41 Å². The highest BCUT2D eigenvalue weighted by molar-refractivity contribution is 7.99. The molecule has 110 valence electrons. The fourth-order valence-electron chi connectivity index (χ4n) is 1.62. The molecule has 0 fully saturated rings. The van der Waals surface area contributed by atoms with Crippen molar-refractivity contribution in [1.82, 2.24) is 4.98 Å². The highest BCUT2D eigenvalue weighted by Crippen LogP contribution is 2.28. The second-order valence-corrected chi connectivity index (χ2v) is 6.42. The molecule has 1 amide bonds. The highest BCUT2D eigenvalue weighted by atomic mass is 32.2. The Kier molecular flexibility index (Phi) is 4.85. The number of nitrogens with one attached hydrogen (secondary N) is 1. The van der Waals surface area contributed by atoms with Gasteiger partial charge >= 0.3 is 0 Å². The number of thioether (sulfide) groups is 1. The first-order valence-electron chi connectivity index (χ1n) is 6.68. The smallest absolute Gasteiger partial charge is 0.230 e. The molecule has 21 heavy (non-hydrogen) atoms. The van der Waals surface area contributed by atoms with Gasteiger partial charge in [0.05, 0.1) is 22.3 Å². The molecule has 0 unspecified atom stereocenters. The first-order chi connectivity index (χ1) is 9.97. The van der Waals surface area contributed by atoms with Crippen LogP contribution >= 0.6 is 11.8 Å². The maximum Gasteiger partial charge on any atom is 0.230 e. The number of para-hydroxylation sites is 1. The van der Waals surface area contributed by atoms with Crippen LogP contribution in [0.4, 0.5) is 11.4 Å². The van der Waals surface area contributed by atoms with E-state index >= 15 is 0 Å². The summed E-state index contributed by atoms with van der Waals surface area (Å²) in [5, 5.41) is 3.80. The summed E-state index contributed by atoms with van der Waals surface area (Å²) in [6, 6.07) is 13.2. The molecule has 1 aromatic heterocycles. The summed E-state index contributed by atoms with van der Waals surface area (Å²) in [6.45, 7) is 3.85. The second kappa shape index (κ2) is 6.63. The fraction of sp³-hybridized carbons (Fsp3) is 0.250. The summed E-state index contributed by atoms with van der Waals surface area (Å²) < 4.78 is 0. The number of nitrogen functional groups attached to an aromatic ring is 1. The number of anilines is 2. The van der Waals surface area contributed by atoms with Gasteiger partial charge in [-0.15, -0.1) is 11.8 Å². The number of nitrogens with two attached hydrogens (primary N) is 1. The van der Waals surface area contributed by atoms with E-state index in [0.29, 0.717) is 11.4 Å². The van der Waals surface area contributed by atoms with Crippen LogP contribution in [0.25, 0.3) is 0 Å². The zero-order valence-corrected chi connectivity index (χ0v) is 13.0. The molecule has 0 radical (unpaired) electrons. The molecule has 0 atom stereocenters. The van der Waals surface area contributed by atoms with Gasteiger partial charge in [0.25, 0.3) is 0 Å². The summed E-state index contributed by atoms with van der Waals surface area (Å²) in [7, 11) is 0. The molecular weight excluding hydrogens is 282 g/mol. The zero-order chi connectivity index (χ0) is 15.3. The maximum absolute atomic E-state index is 12.3. The second-order valence-electron chi connectivity index (χ2n) is 5.42. The molecule has 0 bridgehead atoms. The van der Waals surface area contributed by atoms with E-state index < -0.39 is 5.41 Å². The fourth-order valence-corrected chi connectivity index (χ4v) is 2.55. The van der Waals surface area contributed by atoms with Crippen molar-refractivity contribution in [3.63, 3.8) is 0 Å². The Hall–Kier alpha value is -2.01. The lowest BCUT2D eigenvalue weighted by molar-refractivity contribution is -0.122. The van der Waals surface area contributed by atoms with Crippen LogP contribution in [0.15, 0.2) is 53.7 Å². The Morgan fingerprint density at radius 2 is 1.95 bits per heavy atom. The third-order valence-corrected chi connectivity index (χ3v) is 4.39. The van der Waals surface area contributed by atoms with Crippen LogP contribution in [0.1, 0.15) is 13.8 Å². The van der Waals surface area contributed by atoms with Crippen LogP contribution in [-0.2, 0) is 4.79 Å². The number of rotatable bonds is 5. The lowest BCUT2D eigenvalue weighted by Crippen LogP contribution is -2.32. The van der Waals surface area contributed by atoms with Crippen molar-refractivity contribution in [1.29, 1.82) is 0 Å². The molecule has 5 heteroatoms. The zero-order valence-electron chi connectivity index (χ0n) is 12.2. The van der Waals surface area contributed by atoms with E-state index in [0.717, 1.165) is 10.7 Å². The molecule has 2 aromatic rings. The van der Waals surface area contributed by atoms with Crippen molar-refractivity contribution >= 4 is 29.0 Å². The van der Waals surface area contributed by atoms with E-state index in [4.69, 9.17) is 5.73 Å². The predicted molar refractivity (Wildman–Crippen MR) is 88.2 cm³/mol. The summed E-state index contributed by atoms with van der Waals surface area (Å²) in [4.78, 5) is 16.6. The maximum atomic E-state index is 12.3. The number of hydrogen-bond acceptors (Lipinski definition) is 4. The summed E-state index contributed by atoms with van der Waals surface area (Å²) >= 11 is 1.55. The van der Waals surface area contributed by atoms with Crippen LogP contribution in [-0.4, -0.2) is 16.6 Å². The molecule has 0 aliphatic carbocycles. The van der Waals surface area contributed by atoms with Crippen LogP contribution in [0.2, 0.25) is 0 Å². The van der Waals surface area contributed by atoms with Gasteiger partial charge in [-0.05, 0) is 24.3 Å². The van der Waals surface area contributed by atoms with E-state index in [1.54, 1.807) is 18.0 Å². The minimum atomic E-state index is -0.496. The third-order valence-electron chi connectivity index (χ3n) is 2.99. The standard InChI is InChI=1S/C16H19N3OS/c1-16(2,11-21-14-9-8-12(17)10-18-14)15(20)19-13-6-4-3-5-7-13/h3-10H,11,17H2,1-2H3,(H,19,20). The summed E-state index contributed by atoms with van der Waals surface area (Å²) in [5.74, 6) is 0.638. The SMILES string of the molecule is CC(C)(CSc1ccc(N)cn1)C(=O)Nc1ccccc1. The van der Waals surface area contributed by atoms with Gasteiger partial charge in [0.2, 0.25) is 5.91 Å². The van der Waals surface area contributed by atoms with Crippen molar-refractivity contribution in [2.75, 3.05) is 16.8 Å². The van der Waals surface area contributed by atoms with Crippen molar-refractivity contribution < 1.29 is 4.79 Å². The first-order valence-corrected chi connectivity index (χ1v) is 7.67. The molecule has 0 saturated carbocycles. The van der Waals surface area contributed by atoms with Gasteiger partial charge in [-0.25, -0.2) is 4.98 Å². The highest BCUT2D eigenvalue weighted by Gasteiger charge is 2.28. The van der Waals surface area contributed by atoms with Crippen molar-refractivity contribution in [3.05, 3.63) is 48.7 Å². The lowest BCUT2D eigenvalue weighted by atomic mass is 9.95. The number of pyridine rings is 1. The molecule has 1 aromatic carbocycles. The summed E-state index contributed by atoms with van der Waals surface area (Å²) in [6.07, 6.45) is 1.62. The Balaban J connectivity index is 1.94. The Morgan fingerprint density at radius 1 is 1.24 bits per heavy atom. The number of aromatic nitrogens is 1. The van der Waals surface area contributed by atoms with Gasteiger partial charge in [0.1, 0.15) is 0 Å². The molecular formula is C16H19N3OS. The number of carbonyl (C=O) groups excluding carboxylic acids is 1. The predicted octanol–water partition coefficient (Wildman–Crippen LogP) is 3.42. The van der Waals surface area contributed by atoms with Gasteiger partial charge in [0.15, 0.2) is 0 Å². The van der Waals surface area contributed by atoms with Gasteiger partial charge in [-0.1, -0.05) is 32.0 Å². The average Bonchev–Trinajstić information content (AvgIpc) is 2.48. The topological polar surface area (TPSA) is 68.0 Å². The average molecular weight is 301 g/mol. The molecule has 0 spiro atoms. The monoisotopic (exact) mass is 301 g/mol. The first kappa shape index (κ1) is 15.4. The van der Waals surface area contributed by atoms with E-state index in [1.807, 2.05) is 56.3 Å². The Bertz CT molecular complexity index is 597. The quantitative estimate of drug-likeness (QED) is 0.830. The van der Waals surface area contributed by atoms with E-state index in [2.05, 4.69) is 10.3 Å². The minimum Gasteiger partial charge on any atom is -0.397 e. The molecule has 0 aliphatic heterocycles. The number of carbonyl (C=O) groups is 1. The third kappa shape index (κ3) is 4.49. The van der Waals surface area contributed by atoms with Crippen LogP contribution in [0.3, 0.4) is 0 Å². The van der Waals surface area contributed by atoms with E-state index in [-0.39, 0.29) is 5.91 Å². The van der Waals surface area contributed by atoms with Gasteiger partial charge in [-0.3, -0.25) is 4.79 Å². The number of nitrogens with zero attached hydrogens (tertiary/aromatic N) is 1. The number of hydrogen-bond donors (Lipinski definition) is 2. The Morgan fingerprint density at radius 3 is 2.57 bits per heavy atom. The van der Waals surface area contributed by atoms with Crippen molar-refractivity contribution in [2.24, 2.45) is 5.41 Å². The van der Waals surface area contributed by atoms with Crippen molar-refractivity contribution in [2.45, 2.75) is 18.9 Å². The minimum absolute atomic E-state index is 0.00311. The van der Waals surface area contributed by atoms with Gasteiger partial charge in [0, 0.05) is 11.4 Å². The Labute approximate surface area is 129 Å². The lowest BCUT2D eigenvalue weighted by Gasteiger charge is -2.23. The van der Waals surface area contributed by atoms with E-state index in [9.17, 15) is 4.79 Å².